The van der Waals surface area contributed by atoms with E-state index in [4.69, 9.17) is 21.1 Å². The van der Waals surface area contributed by atoms with Gasteiger partial charge < -0.3 is 9.47 Å². The minimum absolute atomic E-state index is 0.109. The molecular weight excluding hydrogens is 362 g/mol. The highest BCUT2D eigenvalue weighted by Crippen LogP contribution is 2.27. The van der Waals surface area contributed by atoms with Gasteiger partial charge in [-0.25, -0.2) is 8.42 Å². The molecular formula is C18H20ClNO4S. The molecule has 3 rings (SSSR count). The van der Waals surface area contributed by atoms with Gasteiger partial charge in [0, 0.05) is 18.1 Å². The monoisotopic (exact) mass is 381 g/mol. The third kappa shape index (κ3) is 4.33. The summed E-state index contributed by atoms with van der Waals surface area (Å²) in [6, 6.07) is 14.5. The van der Waals surface area contributed by atoms with E-state index in [0.29, 0.717) is 30.3 Å². The molecule has 0 aromatic heterocycles. The van der Waals surface area contributed by atoms with Crippen LogP contribution >= 0.6 is 11.6 Å². The minimum Gasteiger partial charge on any atom is -0.497 e. The molecule has 5 nitrogen and oxygen atoms in total. The molecule has 134 valence electrons. The van der Waals surface area contributed by atoms with Crippen molar-refractivity contribution in [1.29, 1.82) is 0 Å². The van der Waals surface area contributed by atoms with E-state index in [1.165, 1.54) is 4.31 Å². The van der Waals surface area contributed by atoms with E-state index in [-0.39, 0.29) is 11.9 Å². The fourth-order valence-electron chi connectivity index (χ4n) is 2.80. The maximum absolute atomic E-state index is 12.8. The summed E-state index contributed by atoms with van der Waals surface area (Å²) < 4.78 is 37.9. The molecule has 0 amide bonds. The van der Waals surface area contributed by atoms with Crippen LogP contribution in [0.4, 0.5) is 0 Å². The van der Waals surface area contributed by atoms with Crippen molar-refractivity contribution < 1.29 is 17.9 Å². The second-order valence-corrected chi connectivity index (χ2v) is 8.21. The lowest BCUT2D eigenvalue weighted by Gasteiger charge is -2.32. The molecule has 1 saturated heterocycles. The maximum atomic E-state index is 12.8. The number of hydrogen-bond donors (Lipinski definition) is 0. The van der Waals surface area contributed by atoms with Crippen LogP contribution in [-0.4, -0.2) is 39.5 Å². The number of morpholine rings is 1. The van der Waals surface area contributed by atoms with Gasteiger partial charge in [0.05, 0.1) is 25.6 Å². The predicted octanol–water partition coefficient (Wildman–Crippen LogP) is 3.25. The average Bonchev–Trinajstić information content (AvgIpc) is 2.64. The predicted molar refractivity (Wildman–Crippen MR) is 97.3 cm³/mol. The largest absolute Gasteiger partial charge is 0.497 e. The zero-order valence-electron chi connectivity index (χ0n) is 13.9. The van der Waals surface area contributed by atoms with Crippen molar-refractivity contribution in [2.24, 2.45) is 0 Å². The number of ether oxygens (including phenoxy) is 2. The van der Waals surface area contributed by atoms with E-state index >= 15 is 0 Å². The van der Waals surface area contributed by atoms with Crippen molar-refractivity contribution >= 4 is 21.6 Å². The summed E-state index contributed by atoms with van der Waals surface area (Å²) in [6.07, 6.45) is -0.291. The minimum atomic E-state index is -3.47. The third-order valence-corrected chi connectivity index (χ3v) is 6.37. The van der Waals surface area contributed by atoms with Gasteiger partial charge in [-0.15, -0.1) is 0 Å². The van der Waals surface area contributed by atoms with Crippen molar-refractivity contribution in [3.63, 3.8) is 0 Å². The van der Waals surface area contributed by atoms with E-state index in [0.717, 1.165) is 11.3 Å². The molecule has 0 spiro atoms. The quantitative estimate of drug-likeness (QED) is 0.797. The Hall–Kier alpha value is -1.60. The van der Waals surface area contributed by atoms with Crippen LogP contribution in [0.5, 0.6) is 5.75 Å². The molecule has 1 fully saturated rings. The molecule has 0 bridgehead atoms. The van der Waals surface area contributed by atoms with Gasteiger partial charge in [-0.2, -0.15) is 4.31 Å². The lowest BCUT2D eigenvalue weighted by molar-refractivity contribution is -0.00262. The van der Waals surface area contributed by atoms with Crippen LogP contribution in [0.25, 0.3) is 0 Å². The summed E-state index contributed by atoms with van der Waals surface area (Å²) in [7, 11) is -1.86. The second kappa shape index (κ2) is 7.74. The van der Waals surface area contributed by atoms with E-state index in [1.807, 2.05) is 24.3 Å². The van der Waals surface area contributed by atoms with E-state index in [1.54, 1.807) is 31.4 Å². The Labute approximate surface area is 153 Å². The molecule has 7 heteroatoms. The molecule has 0 saturated carbocycles. The Morgan fingerprint density at radius 3 is 2.60 bits per heavy atom. The summed E-state index contributed by atoms with van der Waals surface area (Å²) in [5.74, 6) is 0.643. The Balaban J connectivity index is 1.74. The summed E-state index contributed by atoms with van der Waals surface area (Å²) >= 11 is 6.10. The van der Waals surface area contributed by atoms with Gasteiger partial charge in [0.15, 0.2) is 0 Å². The van der Waals surface area contributed by atoms with Crippen LogP contribution in [0.3, 0.4) is 0 Å². The van der Waals surface area contributed by atoms with Crippen LogP contribution in [0.15, 0.2) is 48.5 Å². The smallest absolute Gasteiger partial charge is 0.218 e. The van der Waals surface area contributed by atoms with Gasteiger partial charge in [-0.05, 0) is 29.3 Å². The highest BCUT2D eigenvalue weighted by molar-refractivity contribution is 7.88. The fourth-order valence-corrected chi connectivity index (χ4v) is 4.63. The Morgan fingerprint density at radius 1 is 1.20 bits per heavy atom. The van der Waals surface area contributed by atoms with Gasteiger partial charge in [0.2, 0.25) is 10.0 Å². The van der Waals surface area contributed by atoms with Gasteiger partial charge in [-0.3, -0.25) is 0 Å². The van der Waals surface area contributed by atoms with Gasteiger partial charge >= 0.3 is 0 Å². The van der Waals surface area contributed by atoms with Crippen LogP contribution in [-0.2, 0) is 20.5 Å². The molecule has 25 heavy (non-hydrogen) atoms. The summed E-state index contributed by atoms with van der Waals surface area (Å²) in [4.78, 5) is 0. The lowest BCUT2D eigenvalue weighted by atomic mass is 10.1. The van der Waals surface area contributed by atoms with Crippen LogP contribution in [0.2, 0.25) is 5.02 Å². The highest BCUT2D eigenvalue weighted by Gasteiger charge is 2.30. The maximum Gasteiger partial charge on any atom is 0.218 e. The molecule has 0 radical (unpaired) electrons. The SMILES string of the molecule is COc1ccc(C2CN(S(=O)(=O)Cc3ccccc3Cl)CCO2)cc1. The van der Waals surface area contributed by atoms with Crippen molar-refractivity contribution in [3.05, 3.63) is 64.7 Å². The number of halogens is 1. The van der Waals surface area contributed by atoms with Crippen LogP contribution in [0.1, 0.15) is 17.2 Å². The average molecular weight is 382 g/mol. The second-order valence-electron chi connectivity index (χ2n) is 5.84. The molecule has 2 aromatic carbocycles. The first-order valence-corrected chi connectivity index (χ1v) is 9.95. The molecule has 1 heterocycles. The number of benzene rings is 2. The molecule has 1 atom stereocenters. The molecule has 0 aliphatic carbocycles. The molecule has 0 N–H and O–H groups in total. The first-order valence-electron chi connectivity index (χ1n) is 7.96. The lowest BCUT2D eigenvalue weighted by Crippen LogP contribution is -2.42. The number of rotatable bonds is 5. The van der Waals surface area contributed by atoms with Crippen molar-refractivity contribution in [3.8, 4) is 5.75 Å². The molecule has 1 unspecified atom stereocenters. The summed E-state index contributed by atoms with van der Waals surface area (Å²) in [5.41, 5.74) is 1.54. The summed E-state index contributed by atoms with van der Waals surface area (Å²) in [6.45, 7) is 0.997. The van der Waals surface area contributed by atoms with Crippen molar-refractivity contribution in [1.82, 2.24) is 4.31 Å². The first-order chi connectivity index (χ1) is 12.0. The Kier molecular flexibility index (Phi) is 5.64. The number of sulfonamides is 1. The zero-order chi connectivity index (χ0) is 17.9. The molecule has 1 aliphatic rings. The highest BCUT2D eigenvalue weighted by atomic mass is 35.5. The van der Waals surface area contributed by atoms with Crippen LogP contribution < -0.4 is 4.74 Å². The standard InChI is InChI=1S/C18H20ClNO4S/c1-23-16-8-6-14(7-9-16)18-12-20(10-11-24-18)25(21,22)13-15-4-2-3-5-17(15)19/h2-9,18H,10-13H2,1H3. The Morgan fingerprint density at radius 2 is 1.92 bits per heavy atom. The van der Waals surface area contributed by atoms with Crippen molar-refractivity contribution in [2.75, 3.05) is 26.8 Å². The van der Waals surface area contributed by atoms with Gasteiger partial charge in [0.1, 0.15) is 5.75 Å². The first kappa shape index (κ1) is 18.2. The Bertz CT molecular complexity index is 823. The molecule has 2 aromatic rings. The van der Waals surface area contributed by atoms with E-state index in [2.05, 4.69) is 0 Å². The number of hydrogen-bond acceptors (Lipinski definition) is 4. The van der Waals surface area contributed by atoms with E-state index < -0.39 is 10.0 Å². The normalized spacial score (nSPS) is 18.9. The van der Waals surface area contributed by atoms with Gasteiger partial charge in [0.25, 0.3) is 0 Å². The summed E-state index contributed by atoms with van der Waals surface area (Å²) in [5, 5.41) is 0.464. The zero-order valence-corrected chi connectivity index (χ0v) is 15.5. The van der Waals surface area contributed by atoms with Gasteiger partial charge in [-0.1, -0.05) is 41.9 Å². The number of methoxy groups -OCH3 is 1. The van der Waals surface area contributed by atoms with Crippen LogP contribution in [0, 0.1) is 0 Å². The number of nitrogens with zero attached hydrogens (tertiary/aromatic N) is 1. The topological polar surface area (TPSA) is 55.8 Å². The molecule has 1 aliphatic heterocycles. The van der Waals surface area contributed by atoms with E-state index in [9.17, 15) is 8.42 Å². The third-order valence-electron chi connectivity index (χ3n) is 4.21. The van der Waals surface area contributed by atoms with Crippen molar-refractivity contribution in [2.45, 2.75) is 11.9 Å². The fraction of sp³-hybridized carbons (Fsp3) is 0.333.